The van der Waals surface area contributed by atoms with Crippen LogP contribution in [-0.4, -0.2) is 28.7 Å². The monoisotopic (exact) mass is 228 g/mol. The van der Waals surface area contributed by atoms with Gasteiger partial charge in [0.2, 0.25) is 0 Å². The molecule has 2 radical (unpaired) electrons. The van der Waals surface area contributed by atoms with E-state index in [1.54, 1.807) is 7.11 Å². The Morgan fingerprint density at radius 3 is 2.44 bits per heavy atom. The van der Waals surface area contributed by atoms with Gasteiger partial charge in [-0.25, -0.2) is 0 Å². The maximum atomic E-state index is 5.10. The van der Waals surface area contributed by atoms with Crippen LogP contribution in [0.25, 0.3) is 0 Å². The van der Waals surface area contributed by atoms with E-state index >= 15 is 0 Å². The molecule has 0 aliphatic heterocycles. The summed E-state index contributed by atoms with van der Waals surface area (Å²) in [5.74, 6) is 0. The third-order valence-corrected chi connectivity index (χ3v) is 3.20. The van der Waals surface area contributed by atoms with Gasteiger partial charge in [-0.3, -0.25) is 0 Å². The summed E-state index contributed by atoms with van der Waals surface area (Å²) in [5.41, 5.74) is 0. The first-order valence-corrected chi connectivity index (χ1v) is 5.37. The second-order valence-corrected chi connectivity index (χ2v) is 5.07. The van der Waals surface area contributed by atoms with E-state index < -0.39 is 21.6 Å². The maximum absolute atomic E-state index is 5.10. The molecular formula is C7H8OSn. The molecule has 1 rings (SSSR count). The first-order valence-electron chi connectivity index (χ1n) is 2.77. The number of rotatable bonds is 2. The van der Waals surface area contributed by atoms with E-state index in [1.165, 1.54) is 3.58 Å². The van der Waals surface area contributed by atoms with Crippen molar-refractivity contribution < 1.29 is 3.07 Å². The van der Waals surface area contributed by atoms with Crippen LogP contribution in [0.5, 0.6) is 0 Å². The SMILES string of the molecule is C[O][Sn][c]1ccccc1. The van der Waals surface area contributed by atoms with Crippen molar-refractivity contribution in [2.45, 2.75) is 0 Å². The molecule has 1 aromatic carbocycles. The number of hydrogen-bond acceptors (Lipinski definition) is 1. The summed E-state index contributed by atoms with van der Waals surface area (Å²) < 4.78 is 6.49. The van der Waals surface area contributed by atoms with Gasteiger partial charge in [-0.05, 0) is 0 Å². The van der Waals surface area contributed by atoms with Crippen LogP contribution in [0.15, 0.2) is 30.3 Å². The summed E-state index contributed by atoms with van der Waals surface area (Å²) in [7, 11) is 1.78. The van der Waals surface area contributed by atoms with E-state index in [2.05, 4.69) is 24.3 Å². The Hall–Kier alpha value is -0.0213. The zero-order valence-corrected chi connectivity index (χ0v) is 8.15. The summed E-state index contributed by atoms with van der Waals surface area (Å²) >= 11 is -0.650. The van der Waals surface area contributed by atoms with Gasteiger partial charge in [0.25, 0.3) is 0 Å². The predicted molar refractivity (Wildman–Crippen MR) is 38.8 cm³/mol. The van der Waals surface area contributed by atoms with Crippen molar-refractivity contribution in [3.05, 3.63) is 30.3 Å². The third-order valence-electron chi connectivity index (χ3n) is 0.994. The molecule has 0 saturated carbocycles. The summed E-state index contributed by atoms with van der Waals surface area (Å²) in [6, 6.07) is 10.4. The van der Waals surface area contributed by atoms with Gasteiger partial charge in [0, 0.05) is 0 Å². The van der Waals surface area contributed by atoms with Crippen LogP contribution in [0.2, 0.25) is 0 Å². The van der Waals surface area contributed by atoms with Crippen molar-refractivity contribution >= 4 is 25.1 Å². The van der Waals surface area contributed by atoms with E-state index in [0.29, 0.717) is 0 Å². The summed E-state index contributed by atoms with van der Waals surface area (Å²) in [5, 5.41) is 0. The van der Waals surface area contributed by atoms with Crippen molar-refractivity contribution in [2.24, 2.45) is 0 Å². The standard InChI is InChI=1S/C6H5.CH3O.Sn/c1-2-4-6-5-3-1;1-2;/h1-5H;1H3;/q;-1;+1. The first-order chi connectivity index (χ1) is 4.43. The minimum atomic E-state index is -0.650. The molecule has 46 valence electrons. The van der Waals surface area contributed by atoms with Gasteiger partial charge in [0.1, 0.15) is 0 Å². The van der Waals surface area contributed by atoms with E-state index in [1.807, 2.05) is 6.07 Å². The van der Waals surface area contributed by atoms with Gasteiger partial charge in [-0.1, -0.05) is 0 Å². The fourth-order valence-electron chi connectivity index (χ4n) is 0.624. The average Bonchev–Trinajstić information content (AvgIpc) is 1.91. The van der Waals surface area contributed by atoms with Crippen molar-refractivity contribution in [2.75, 3.05) is 7.11 Å². The third kappa shape index (κ3) is 2.37. The molecule has 0 N–H and O–H groups in total. The predicted octanol–water partition coefficient (Wildman–Crippen LogP) is 0.577. The molecule has 0 atom stereocenters. The van der Waals surface area contributed by atoms with Gasteiger partial charge in [0.15, 0.2) is 0 Å². The summed E-state index contributed by atoms with van der Waals surface area (Å²) in [4.78, 5) is 0. The second-order valence-electron chi connectivity index (χ2n) is 1.67. The first kappa shape index (κ1) is 7.09. The average molecular weight is 227 g/mol. The Morgan fingerprint density at radius 1 is 1.22 bits per heavy atom. The molecule has 0 aliphatic rings. The Labute approximate surface area is 65.8 Å². The van der Waals surface area contributed by atoms with Crippen LogP contribution in [-0.2, 0) is 3.07 Å². The fourth-order valence-corrected chi connectivity index (χ4v) is 2.23. The van der Waals surface area contributed by atoms with Crippen LogP contribution in [0.4, 0.5) is 0 Å². The molecule has 0 bridgehead atoms. The Balaban J connectivity index is 2.61. The zero-order chi connectivity index (χ0) is 6.53. The van der Waals surface area contributed by atoms with Crippen LogP contribution >= 0.6 is 0 Å². The summed E-state index contributed by atoms with van der Waals surface area (Å²) in [6.45, 7) is 0. The topological polar surface area (TPSA) is 9.23 Å². The van der Waals surface area contributed by atoms with Crippen LogP contribution in [0.1, 0.15) is 0 Å². The Kier molecular flexibility index (Phi) is 3.07. The molecule has 0 unspecified atom stereocenters. The minimum absolute atomic E-state index is 0.650. The van der Waals surface area contributed by atoms with Gasteiger partial charge >= 0.3 is 65.7 Å². The summed E-state index contributed by atoms with van der Waals surface area (Å²) in [6.07, 6.45) is 0. The molecule has 0 fully saturated rings. The van der Waals surface area contributed by atoms with Crippen LogP contribution in [0, 0.1) is 0 Å². The fraction of sp³-hybridized carbons (Fsp3) is 0.143. The van der Waals surface area contributed by atoms with E-state index in [9.17, 15) is 0 Å². The van der Waals surface area contributed by atoms with Crippen molar-refractivity contribution in [1.29, 1.82) is 0 Å². The molecule has 0 aliphatic carbocycles. The molecule has 0 aromatic heterocycles. The molecule has 2 heteroatoms. The van der Waals surface area contributed by atoms with E-state index in [-0.39, 0.29) is 0 Å². The number of benzene rings is 1. The number of hydrogen-bond donors (Lipinski definition) is 0. The van der Waals surface area contributed by atoms with Gasteiger partial charge in [-0.15, -0.1) is 0 Å². The molecular weight excluding hydrogens is 219 g/mol. The van der Waals surface area contributed by atoms with Crippen molar-refractivity contribution in [3.63, 3.8) is 0 Å². The zero-order valence-electron chi connectivity index (χ0n) is 5.29. The second kappa shape index (κ2) is 3.90. The quantitative estimate of drug-likeness (QED) is 0.671. The van der Waals surface area contributed by atoms with E-state index in [0.717, 1.165) is 0 Å². The van der Waals surface area contributed by atoms with Crippen LogP contribution < -0.4 is 3.58 Å². The van der Waals surface area contributed by atoms with Gasteiger partial charge in [0.05, 0.1) is 0 Å². The van der Waals surface area contributed by atoms with Gasteiger partial charge < -0.3 is 0 Å². The molecule has 0 heterocycles. The molecule has 1 aromatic rings. The molecule has 0 amide bonds. The molecule has 0 saturated heterocycles. The van der Waals surface area contributed by atoms with Crippen molar-refractivity contribution in [1.82, 2.24) is 0 Å². The van der Waals surface area contributed by atoms with E-state index in [4.69, 9.17) is 3.07 Å². The van der Waals surface area contributed by atoms with Crippen LogP contribution in [0.3, 0.4) is 0 Å². The molecule has 1 nitrogen and oxygen atoms in total. The normalized spacial score (nSPS) is 9.44. The Bertz CT molecular complexity index is 162. The Morgan fingerprint density at radius 2 is 1.89 bits per heavy atom. The van der Waals surface area contributed by atoms with Crippen molar-refractivity contribution in [3.8, 4) is 0 Å². The van der Waals surface area contributed by atoms with Gasteiger partial charge in [-0.2, -0.15) is 0 Å². The molecule has 0 spiro atoms. The molecule has 9 heavy (non-hydrogen) atoms.